The van der Waals surface area contributed by atoms with Crippen molar-refractivity contribution in [1.29, 1.82) is 0 Å². The quantitative estimate of drug-likeness (QED) is 0.908. The summed E-state index contributed by atoms with van der Waals surface area (Å²) in [6.07, 6.45) is -0.326. The molecule has 2 N–H and O–H groups in total. The van der Waals surface area contributed by atoms with Crippen molar-refractivity contribution < 1.29 is 28.6 Å². The van der Waals surface area contributed by atoms with E-state index in [2.05, 4.69) is 0 Å². The molecule has 0 aliphatic carbocycles. The molecular weight excluding hydrogens is 282 g/mol. The zero-order chi connectivity index (χ0) is 15.6. The normalized spacial score (nSPS) is 10.4. The van der Waals surface area contributed by atoms with Gasteiger partial charge in [0.05, 0.1) is 11.1 Å². The summed E-state index contributed by atoms with van der Waals surface area (Å²) in [5.41, 5.74) is -0.653. The van der Waals surface area contributed by atoms with Crippen LogP contribution in [0.5, 0.6) is 0 Å². The highest BCUT2D eigenvalue weighted by Crippen LogP contribution is 2.21. The minimum absolute atomic E-state index is 0.00935. The second-order valence-electron chi connectivity index (χ2n) is 4.35. The van der Waals surface area contributed by atoms with Crippen LogP contribution in [0.2, 0.25) is 0 Å². The van der Waals surface area contributed by atoms with Crippen molar-refractivity contribution in [3.05, 3.63) is 70.3 Å². The van der Waals surface area contributed by atoms with Crippen LogP contribution in [0.3, 0.4) is 0 Å². The fourth-order valence-electron chi connectivity index (χ4n) is 2.05. The van der Waals surface area contributed by atoms with E-state index in [0.29, 0.717) is 0 Å². The third kappa shape index (κ3) is 3.05. The zero-order valence-electron chi connectivity index (χ0n) is 10.6. The minimum Gasteiger partial charge on any atom is -0.478 e. The number of halogens is 2. The van der Waals surface area contributed by atoms with Crippen LogP contribution in [0.15, 0.2) is 36.4 Å². The topological polar surface area (TPSA) is 74.6 Å². The SMILES string of the molecule is O=C(O)c1ccc(F)cc1Cc1c(F)cccc1C(=O)O. The second-order valence-corrected chi connectivity index (χ2v) is 4.35. The largest absolute Gasteiger partial charge is 0.478 e. The van der Waals surface area contributed by atoms with Crippen LogP contribution in [0.4, 0.5) is 8.78 Å². The maximum Gasteiger partial charge on any atom is 0.336 e. The predicted octanol–water partition coefficient (Wildman–Crippen LogP) is 2.95. The Kier molecular flexibility index (Phi) is 3.98. The summed E-state index contributed by atoms with van der Waals surface area (Å²) >= 11 is 0. The lowest BCUT2D eigenvalue weighted by atomic mass is 9.96. The van der Waals surface area contributed by atoms with E-state index in [1.807, 2.05) is 0 Å². The van der Waals surface area contributed by atoms with Gasteiger partial charge >= 0.3 is 11.9 Å². The molecule has 0 fully saturated rings. The van der Waals surface area contributed by atoms with Gasteiger partial charge in [0, 0.05) is 12.0 Å². The molecule has 0 saturated heterocycles. The van der Waals surface area contributed by atoms with E-state index in [4.69, 9.17) is 10.2 Å². The molecule has 0 radical (unpaired) electrons. The molecule has 0 aliphatic heterocycles. The average molecular weight is 292 g/mol. The highest BCUT2D eigenvalue weighted by Gasteiger charge is 2.18. The average Bonchev–Trinajstić information content (AvgIpc) is 2.40. The second kappa shape index (κ2) is 5.70. The maximum atomic E-state index is 13.8. The van der Waals surface area contributed by atoms with Crippen LogP contribution in [0.1, 0.15) is 31.8 Å². The number of carbonyl (C=O) groups is 2. The Morgan fingerprint density at radius 1 is 0.952 bits per heavy atom. The van der Waals surface area contributed by atoms with Crippen molar-refractivity contribution in [2.75, 3.05) is 0 Å². The third-order valence-electron chi connectivity index (χ3n) is 3.01. The van der Waals surface area contributed by atoms with Gasteiger partial charge in [-0.25, -0.2) is 18.4 Å². The lowest BCUT2D eigenvalue weighted by Crippen LogP contribution is -2.09. The van der Waals surface area contributed by atoms with Crippen molar-refractivity contribution in [2.45, 2.75) is 6.42 Å². The summed E-state index contributed by atoms with van der Waals surface area (Å²) in [5.74, 6) is -4.09. The van der Waals surface area contributed by atoms with Crippen LogP contribution < -0.4 is 0 Å². The molecule has 0 unspecified atom stereocenters. The first-order valence-electron chi connectivity index (χ1n) is 5.92. The van der Waals surface area contributed by atoms with Crippen molar-refractivity contribution in [3.63, 3.8) is 0 Å². The van der Waals surface area contributed by atoms with E-state index >= 15 is 0 Å². The monoisotopic (exact) mass is 292 g/mol. The highest BCUT2D eigenvalue weighted by atomic mass is 19.1. The molecule has 0 amide bonds. The van der Waals surface area contributed by atoms with E-state index in [1.165, 1.54) is 12.1 Å². The molecule has 0 aromatic heterocycles. The number of hydrogen-bond acceptors (Lipinski definition) is 2. The number of carboxylic acids is 2. The Morgan fingerprint density at radius 2 is 1.62 bits per heavy atom. The molecule has 4 nitrogen and oxygen atoms in total. The van der Waals surface area contributed by atoms with Gasteiger partial charge in [0.25, 0.3) is 0 Å². The molecule has 108 valence electrons. The third-order valence-corrected chi connectivity index (χ3v) is 3.01. The Bertz CT molecular complexity index is 726. The van der Waals surface area contributed by atoms with Crippen molar-refractivity contribution in [2.24, 2.45) is 0 Å². The molecule has 0 aliphatic rings. The van der Waals surface area contributed by atoms with Gasteiger partial charge in [0.1, 0.15) is 11.6 Å². The number of benzene rings is 2. The van der Waals surface area contributed by atoms with Crippen LogP contribution in [-0.2, 0) is 6.42 Å². The minimum atomic E-state index is -1.34. The highest BCUT2D eigenvalue weighted by molar-refractivity contribution is 5.91. The Labute approximate surface area is 118 Å². The number of rotatable bonds is 4. The van der Waals surface area contributed by atoms with Crippen LogP contribution in [-0.4, -0.2) is 22.2 Å². The summed E-state index contributed by atoms with van der Waals surface area (Å²) in [5, 5.41) is 18.1. The summed E-state index contributed by atoms with van der Waals surface area (Å²) in [6, 6.07) is 6.52. The van der Waals surface area contributed by atoms with E-state index in [0.717, 1.165) is 24.3 Å². The van der Waals surface area contributed by atoms with Gasteiger partial charge in [0.15, 0.2) is 0 Å². The summed E-state index contributed by atoms with van der Waals surface area (Å²) in [4.78, 5) is 22.2. The van der Waals surface area contributed by atoms with Gasteiger partial charge in [-0.1, -0.05) is 6.07 Å². The standard InChI is InChI=1S/C15H10F2O4/c16-9-4-5-10(14(18)19)8(6-9)7-12-11(15(20)21)2-1-3-13(12)17/h1-6H,7H2,(H,18,19)(H,20,21). The lowest BCUT2D eigenvalue weighted by Gasteiger charge is -2.10. The van der Waals surface area contributed by atoms with Gasteiger partial charge in [0.2, 0.25) is 0 Å². The number of carboxylic acid groups (broad SMARTS) is 2. The lowest BCUT2D eigenvalue weighted by molar-refractivity contribution is 0.0686. The van der Waals surface area contributed by atoms with Gasteiger partial charge < -0.3 is 10.2 Å². The van der Waals surface area contributed by atoms with Crippen molar-refractivity contribution >= 4 is 11.9 Å². The summed E-state index contributed by atoms with van der Waals surface area (Å²) < 4.78 is 27.1. The molecule has 0 bridgehead atoms. The van der Waals surface area contributed by atoms with Crippen molar-refractivity contribution in [1.82, 2.24) is 0 Å². The fraction of sp³-hybridized carbons (Fsp3) is 0.0667. The molecule has 0 heterocycles. The van der Waals surface area contributed by atoms with Crippen molar-refractivity contribution in [3.8, 4) is 0 Å². The molecule has 0 spiro atoms. The van der Waals surface area contributed by atoms with Gasteiger partial charge in [-0.3, -0.25) is 0 Å². The number of aromatic carboxylic acids is 2. The fourth-order valence-corrected chi connectivity index (χ4v) is 2.05. The zero-order valence-corrected chi connectivity index (χ0v) is 10.6. The van der Waals surface area contributed by atoms with E-state index in [-0.39, 0.29) is 28.7 Å². The molecule has 2 aromatic carbocycles. The Hall–Kier alpha value is -2.76. The molecule has 2 rings (SSSR count). The molecule has 0 atom stereocenters. The summed E-state index contributed by atoms with van der Waals surface area (Å²) in [7, 11) is 0. The number of hydrogen-bond donors (Lipinski definition) is 2. The Morgan fingerprint density at radius 3 is 2.24 bits per heavy atom. The molecule has 0 saturated carbocycles. The van der Waals surface area contributed by atoms with Gasteiger partial charge in [-0.15, -0.1) is 0 Å². The molecular formula is C15H10F2O4. The van der Waals surface area contributed by atoms with Gasteiger partial charge in [-0.2, -0.15) is 0 Å². The van der Waals surface area contributed by atoms with Crippen LogP contribution >= 0.6 is 0 Å². The van der Waals surface area contributed by atoms with Gasteiger partial charge in [-0.05, 0) is 35.9 Å². The van der Waals surface area contributed by atoms with E-state index < -0.39 is 23.6 Å². The molecule has 6 heteroatoms. The maximum absolute atomic E-state index is 13.8. The predicted molar refractivity (Wildman–Crippen MR) is 69.5 cm³/mol. The van der Waals surface area contributed by atoms with Crippen LogP contribution in [0, 0.1) is 11.6 Å². The van der Waals surface area contributed by atoms with Crippen LogP contribution in [0.25, 0.3) is 0 Å². The smallest absolute Gasteiger partial charge is 0.336 e. The Balaban J connectivity index is 2.55. The molecule has 2 aromatic rings. The summed E-state index contributed by atoms with van der Waals surface area (Å²) in [6.45, 7) is 0. The first-order valence-corrected chi connectivity index (χ1v) is 5.92. The molecule has 21 heavy (non-hydrogen) atoms. The first kappa shape index (κ1) is 14.6. The first-order chi connectivity index (χ1) is 9.90. The van der Waals surface area contributed by atoms with E-state index in [9.17, 15) is 18.4 Å². The van der Waals surface area contributed by atoms with E-state index in [1.54, 1.807) is 0 Å².